The zero-order chi connectivity index (χ0) is 16.1. The fourth-order valence-electron chi connectivity index (χ4n) is 4.11. The topological polar surface area (TPSA) is 48.9 Å². The highest BCUT2D eigenvalue weighted by Gasteiger charge is 2.32. The molecule has 0 radical (unpaired) electrons. The van der Waals surface area contributed by atoms with Crippen LogP contribution in [0.2, 0.25) is 0 Å². The number of rotatable bonds is 4. The number of fused-ring (bicyclic) bond motifs is 1. The molecule has 0 aromatic heterocycles. The number of aliphatic imine (C=N–C) groups is 1. The zero-order valence-corrected chi connectivity index (χ0v) is 17.6. The van der Waals surface area contributed by atoms with Crippen molar-refractivity contribution in [1.29, 1.82) is 0 Å². The molecule has 2 unspecified atom stereocenters. The van der Waals surface area contributed by atoms with Gasteiger partial charge in [-0.25, -0.2) is 0 Å². The molecule has 2 atom stereocenters. The van der Waals surface area contributed by atoms with Crippen LogP contribution < -0.4 is 10.6 Å². The number of guanidine groups is 1. The second-order valence-corrected chi connectivity index (χ2v) is 7.57. The van der Waals surface area contributed by atoms with E-state index in [0.29, 0.717) is 12.1 Å². The second-order valence-electron chi connectivity index (χ2n) is 7.57. The summed E-state index contributed by atoms with van der Waals surface area (Å²) >= 11 is 0. The fraction of sp³-hybridized carbons (Fsp3) is 0.944. The van der Waals surface area contributed by atoms with Gasteiger partial charge in [-0.1, -0.05) is 6.92 Å². The molecule has 2 heterocycles. The molecule has 0 aromatic rings. The molecule has 0 amide bonds. The number of morpholine rings is 1. The Morgan fingerprint density at radius 2 is 2.00 bits per heavy atom. The first kappa shape index (κ1) is 20.2. The summed E-state index contributed by atoms with van der Waals surface area (Å²) in [6, 6.07) is 1.25. The van der Waals surface area contributed by atoms with Gasteiger partial charge < -0.3 is 15.4 Å². The molecule has 0 bridgehead atoms. The Bertz CT molecular complexity index is 398. The SMILES string of the molecule is CCNC(=NCC1CN2CCCC2CO1)NC1CCC(C)CC1.I. The standard InChI is InChI=1S/C18H34N4O.HI/c1-3-19-18(21-15-8-6-14(2)7-9-15)20-11-17-12-22-10-4-5-16(22)13-23-17;/h14-17H,3-13H2,1-2H3,(H2,19,20,21);1H. The normalized spacial score (nSPS) is 34.3. The summed E-state index contributed by atoms with van der Waals surface area (Å²) in [6.07, 6.45) is 8.08. The van der Waals surface area contributed by atoms with Crippen molar-refractivity contribution in [1.82, 2.24) is 15.5 Å². The number of hydrogen-bond donors (Lipinski definition) is 2. The zero-order valence-electron chi connectivity index (χ0n) is 15.3. The molecule has 2 saturated heterocycles. The van der Waals surface area contributed by atoms with Crippen LogP contribution in [0, 0.1) is 5.92 Å². The summed E-state index contributed by atoms with van der Waals surface area (Å²) in [6.45, 7) is 9.36. The van der Waals surface area contributed by atoms with E-state index < -0.39 is 0 Å². The Morgan fingerprint density at radius 1 is 1.21 bits per heavy atom. The van der Waals surface area contributed by atoms with Crippen LogP contribution in [-0.4, -0.2) is 61.8 Å². The van der Waals surface area contributed by atoms with Gasteiger partial charge in [0.25, 0.3) is 0 Å². The summed E-state index contributed by atoms with van der Waals surface area (Å²) in [5.41, 5.74) is 0. The van der Waals surface area contributed by atoms with E-state index in [1.165, 1.54) is 45.1 Å². The van der Waals surface area contributed by atoms with Crippen molar-refractivity contribution in [2.75, 3.05) is 32.8 Å². The lowest BCUT2D eigenvalue weighted by atomic mass is 9.87. The molecule has 0 spiro atoms. The van der Waals surface area contributed by atoms with Crippen LogP contribution in [0.25, 0.3) is 0 Å². The second kappa shape index (κ2) is 10.2. The van der Waals surface area contributed by atoms with Crippen LogP contribution in [0.3, 0.4) is 0 Å². The number of nitrogens with zero attached hydrogens (tertiary/aromatic N) is 2. The molecule has 2 aliphatic heterocycles. The molecule has 0 aromatic carbocycles. The average molecular weight is 450 g/mol. The fourth-order valence-corrected chi connectivity index (χ4v) is 4.11. The van der Waals surface area contributed by atoms with Gasteiger partial charge in [0, 0.05) is 25.2 Å². The minimum atomic E-state index is 0. The Hall–Kier alpha value is -0.0800. The lowest BCUT2D eigenvalue weighted by molar-refractivity contribution is -0.0432. The van der Waals surface area contributed by atoms with E-state index in [1.807, 2.05) is 0 Å². The van der Waals surface area contributed by atoms with Gasteiger partial charge in [-0.2, -0.15) is 0 Å². The van der Waals surface area contributed by atoms with Crippen molar-refractivity contribution in [3.63, 3.8) is 0 Å². The maximum atomic E-state index is 6.02. The molecule has 1 saturated carbocycles. The first-order chi connectivity index (χ1) is 11.2. The van der Waals surface area contributed by atoms with Crippen LogP contribution in [0.5, 0.6) is 0 Å². The minimum absolute atomic E-state index is 0. The van der Waals surface area contributed by atoms with Gasteiger partial charge in [0.15, 0.2) is 5.96 Å². The molecule has 24 heavy (non-hydrogen) atoms. The van der Waals surface area contributed by atoms with Gasteiger partial charge in [-0.15, -0.1) is 24.0 Å². The molecule has 3 fully saturated rings. The summed E-state index contributed by atoms with van der Waals surface area (Å²) in [7, 11) is 0. The third-order valence-electron chi connectivity index (χ3n) is 5.62. The van der Waals surface area contributed by atoms with Crippen LogP contribution in [-0.2, 0) is 4.74 Å². The molecule has 140 valence electrons. The van der Waals surface area contributed by atoms with Crippen LogP contribution in [0.1, 0.15) is 52.4 Å². The van der Waals surface area contributed by atoms with Crippen molar-refractivity contribution >= 4 is 29.9 Å². The van der Waals surface area contributed by atoms with Gasteiger partial charge in [0.2, 0.25) is 0 Å². The molecule has 6 heteroatoms. The molecule has 2 N–H and O–H groups in total. The molecule has 3 aliphatic rings. The maximum absolute atomic E-state index is 6.02. The minimum Gasteiger partial charge on any atom is -0.373 e. The van der Waals surface area contributed by atoms with Crippen molar-refractivity contribution in [3.05, 3.63) is 0 Å². The molecule has 3 rings (SSSR count). The first-order valence-corrected chi connectivity index (χ1v) is 9.65. The summed E-state index contributed by atoms with van der Waals surface area (Å²) in [4.78, 5) is 7.40. The van der Waals surface area contributed by atoms with E-state index in [0.717, 1.165) is 38.1 Å². The molecule has 5 nitrogen and oxygen atoms in total. The number of halogens is 1. The van der Waals surface area contributed by atoms with Gasteiger partial charge in [0.05, 0.1) is 19.3 Å². The summed E-state index contributed by atoms with van der Waals surface area (Å²) in [5.74, 6) is 1.86. The van der Waals surface area contributed by atoms with Crippen molar-refractivity contribution < 1.29 is 4.74 Å². The average Bonchev–Trinajstić information content (AvgIpc) is 3.02. The van der Waals surface area contributed by atoms with Gasteiger partial charge in [-0.05, 0) is 57.9 Å². The third kappa shape index (κ3) is 5.73. The van der Waals surface area contributed by atoms with Crippen LogP contribution >= 0.6 is 24.0 Å². The van der Waals surface area contributed by atoms with Crippen molar-refractivity contribution in [3.8, 4) is 0 Å². The lowest BCUT2D eigenvalue weighted by Gasteiger charge is -2.34. The van der Waals surface area contributed by atoms with Crippen molar-refractivity contribution in [2.24, 2.45) is 10.9 Å². The Kier molecular flexibility index (Phi) is 8.57. The van der Waals surface area contributed by atoms with Crippen LogP contribution in [0.15, 0.2) is 4.99 Å². The number of hydrogen-bond acceptors (Lipinski definition) is 3. The van der Waals surface area contributed by atoms with Gasteiger partial charge in [0.1, 0.15) is 0 Å². The molecule has 1 aliphatic carbocycles. The smallest absolute Gasteiger partial charge is 0.191 e. The predicted octanol–water partition coefficient (Wildman–Crippen LogP) is 2.60. The highest BCUT2D eigenvalue weighted by Crippen LogP contribution is 2.24. The largest absolute Gasteiger partial charge is 0.373 e. The van der Waals surface area contributed by atoms with E-state index in [4.69, 9.17) is 9.73 Å². The Morgan fingerprint density at radius 3 is 2.75 bits per heavy atom. The Labute approximate surface area is 164 Å². The quantitative estimate of drug-likeness (QED) is 0.393. The van der Waals surface area contributed by atoms with Gasteiger partial charge in [-0.3, -0.25) is 9.89 Å². The van der Waals surface area contributed by atoms with Crippen molar-refractivity contribution in [2.45, 2.75) is 70.6 Å². The molecular formula is C18H35IN4O. The lowest BCUT2D eigenvalue weighted by Crippen LogP contribution is -2.48. The van der Waals surface area contributed by atoms with E-state index in [2.05, 4.69) is 29.4 Å². The van der Waals surface area contributed by atoms with E-state index in [1.54, 1.807) is 0 Å². The Balaban J connectivity index is 0.00000208. The maximum Gasteiger partial charge on any atom is 0.191 e. The monoisotopic (exact) mass is 450 g/mol. The first-order valence-electron chi connectivity index (χ1n) is 9.65. The number of ether oxygens (including phenoxy) is 1. The third-order valence-corrected chi connectivity index (χ3v) is 5.62. The van der Waals surface area contributed by atoms with E-state index >= 15 is 0 Å². The van der Waals surface area contributed by atoms with Gasteiger partial charge >= 0.3 is 0 Å². The molecular weight excluding hydrogens is 415 g/mol. The highest BCUT2D eigenvalue weighted by atomic mass is 127. The summed E-state index contributed by atoms with van der Waals surface area (Å²) in [5, 5.41) is 7.03. The number of nitrogens with one attached hydrogen (secondary N) is 2. The predicted molar refractivity (Wildman–Crippen MR) is 110 cm³/mol. The highest BCUT2D eigenvalue weighted by molar-refractivity contribution is 14.0. The van der Waals surface area contributed by atoms with E-state index in [9.17, 15) is 0 Å². The van der Waals surface area contributed by atoms with E-state index in [-0.39, 0.29) is 30.1 Å². The summed E-state index contributed by atoms with van der Waals surface area (Å²) < 4.78 is 6.02. The van der Waals surface area contributed by atoms with Crippen LogP contribution in [0.4, 0.5) is 0 Å².